The van der Waals surface area contributed by atoms with Crippen LogP contribution in [0.1, 0.15) is 59.8 Å². The average molecular weight is 282 g/mol. The van der Waals surface area contributed by atoms with Gasteiger partial charge in [-0.3, -0.25) is 4.90 Å². The Kier molecular flexibility index (Phi) is 5.88. The van der Waals surface area contributed by atoms with Gasteiger partial charge in [0.25, 0.3) is 0 Å². The molecule has 1 saturated heterocycles. The number of nitrogens with zero attached hydrogens (tertiary/aromatic N) is 1. The third kappa shape index (κ3) is 4.44. The van der Waals surface area contributed by atoms with Crippen LogP contribution in [0.25, 0.3) is 0 Å². The minimum absolute atomic E-state index is 0.371. The molecular formula is C17H34N2O. The van der Waals surface area contributed by atoms with Crippen LogP contribution in [0, 0.1) is 5.92 Å². The van der Waals surface area contributed by atoms with Gasteiger partial charge in [0.1, 0.15) is 0 Å². The van der Waals surface area contributed by atoms with Crippen molar-refractivity contribution in [2.45, 2.75) is 77.5 Å². The molecule has 2 aliphatic rings. The summed E-state index contributed by atoms with van der Waals surface area (Å²) in [6.07, 6.45) is 6.95. The van der Waals surface area contributed by atoms with Crippen LogP contribution in [0.3, 0.4) is 0 Å². The minimum atomic E-state index is 0.371. The summed E-state index contributed by atoms with van der Waals surface area (Å²) in [5, 5.41) is 3.84. The third-order valence-corrected chi connectivity index (χ3v) is 5.03. The summed E-state index contributed by atoms with van der Waals surface area (Å²) in [7, 11) is 0. The number of nitrogens with one attached hydrogen (secondary N) is 1. The molecule has 2 rings (SSSR count). The summed E-state index contributed by atoms with van der Waals surface area (Å²) in [5.41, 5.74) is 0.375. The van der Waals surface area contributed by atoms with E-state index in [1.165, 1.54) is 51.7 Å². The summed E-state index contributed by atoms with van der Waals surface area (Å²) in [5.74, 6) is 0.923. The molecule has 1 heterocycles. The van der Waals surface area contributed by atoms with Gasteiger partial charge >= 0.3 is 0 Å². The highest BCUT2D eigenvalue weighted by Crippen LogP contribution is 2.41. The van der Waals surface area contributed by atoms with E-state index in [1.807, 2.05) is 0 Å². The van der Waals surface area contributed by atoms with Crippen molar-refractivity contribution in [2.75, 3.05) is 26.2 Å². The van der Waals surface area contributed by atoms with Crippen molar-refractivity contribution in [3.63, 3.8) is 0 Å². The minimum Gasteiger partial charge on any atom is -0.379 e. The van der Waals surface area contributed by atoms with Gasteiger partial charge in [-0.2, -0.15) is 0 Å². The molecule has 1 aliphatic carbocycles. The fourth-order valence-electron chi connectivity index (χ4n) is 3.48. The number of ether oxygens (including phenoxy) is 1. The molecule has 0 radical (unpaired) electrons. The molecule has 2 unspecified atom stereocenters. The van der Waals surface area contributed by atoms with Crippen molar-refractivity contribution in [1.29, 1.82) is 0 Å². The van der Waals surface area contributed by atoms with E-state index in [2.05, 4.69) is 37.9 Å². The van der Waals surface area contributed by atoms with Gasteiger partial charge in [-0.05, 0) is 65.3 Å². The average Bonchev–Trinajstić information content (AvgIpc) is 3.23. The standard InChI is InChI=1S/C17H34N2O/c1-5-16-12-18-17(4,15-8-9-15)13-19(16)10-6-7-11-20-14(2)3/h14-16,18H,5-13H2,1-4H3. The Bertz CT molecular complexity index is 291. The van der Waals surface area contributed by atoms with Crippen LogP contribution in [-0.4, -0.2) is 48.8 Å². The van der Waals surface area contributed by atoms with Crippen LogP contribution in [-0.2, 0) is 4.74 Å². The Morgan fingerprint density at radius 3 is 2.65 bits per heavy atom. The summed E-state index contributed by atoms with van der Waals surface area (Å²) in [6.45, 7) is 13.6. The third-order valence-electron chi connectivity index (χ3n) is 5.03. The summed E-state index contributed by atoms with van der Waals surface area (Å²) in [6, 6.07) is 0.729. The molecule has 20 heavy (non-hydrogen) atoms. The quantitative estimate of drug-likeness (QED) is 0.693. The van der Waals surface area contributed by atoms with Crippen LogP contribution < -0.4 is 5.32 Å². The second-order valence-corrected chi connectivity index (χ2v) is 7.23. The lowest BCUT2D eigenvalue weighted by Crippen LogP contribution is -2.63. The van der Waals surface area contributed by atoms with Crippen LogP contribution in [0.2, 0.25) is 0 Å². The number of unbranched alkanes of at least 4 members (excludes halogenated alkanes) is 1. The fourth-order valence-corrected chi connectivity index (χ4v) is 3.48. The van der Waals surface area contributed by atoms with Crippen LogP contribution in [0.4, 0.5) is 0 Å². The molecule has 1 N–H and O–H groups in total. The molecule has 0 aromatic rings. The molecule has 2 atom stereocenters. The van der Waals surface area contributed by atoms with Gasteiger partial charge in [0.2, 0.25) is 0 Å². The highest BCUT2D eigenvalue weighted by Gasteiger charge is 2.45. The predicted octanol–water partition coefficient (Wildman–Crippen LogP) is 3.04. The molecule has 0 amide bonds. The second kappa shape index (κ2) is 7.24. The van der Waals surface area contributed by atoms with Gasteiger partial charge in [0, 0.05) is 31.3 Å². The molecule has 0 aromatic heterocycles. The Labute approximate surface area is 125 Å². The molecule has 118 valence electrons. The lowest BCUT2D eigenvalue weighted by molar-refractivity contribution is 0.0571. The first-order valence-corrected chi connectivity index (χ1v) is 8.66. The molecule has 0 spiro atoms. The maximum atomic E-state index is 5.64. The van der Waals surface area contributed by atoms with E-state index in [4.69, 9.17) is 4.74 Å². The van der Waals surface area contributed by atoms with E-state index in [-0.39, 0.29) is 0 Å². The highest BCUT2D eigenvalue weighted by atomic mass is 16.5. The van der Waals surface area contributed by atoms with Gasteiger partial charge in [-0.1, -0.05) is 6.92 Å². The van der Waals surface area contributed by atoms with Crippen molar-refractivity contribution >= 4 is 0 Å². The summed E-state index contributed by atoms with van der Waals surface area (Å²) in [4.78, 5) is 2.74. The normalized spacial score (nSPS) is 31.9. The molecule has 1 saturated carbocycles. The smallest absolute Gasteiger partial charge is 0.0518 e. The van der Waals surface area contributed by atoms with Crippen molar-refractivity contribution in [3.8, 4) is 0 Å². The molecule has 2 fully saturated rings. The number of hydrogen-bond acceptors (Lipinski definition) is 3. The van der Waals surface area contributed by atoms with Crippen molar-refractivity contribution < 1.29 is 4.74 Å². The Morgan fingerprint density at radius 1 is 1.30 bits per heavy atom. The van der Waals surface area contributed by atoms with E-state index >= 15 is 0 Å². The molecular weight excluding hydrogens is 248 g/mol. The van der Waals surface area contributed by atoms with Crippen LogP contribution >= 0.6 is 0 Å². The van der Waals surface area contributed by atoms with E-state index < -0.39 is 0 Å². The maximum Gasteiger partial charge on any atom is 0.0518 e. The van der Waals surface area contributed by atoms with Crippen LogP contribution in [0.5, 0.6) is 0 Å². The van der Waals surface area contributed by atoms with Gasteiger partial charge in [0.05, 0.1) is 6.10 Å². The second-order valence-electron chi connectivity index (χ2n) is 7.23. The molecule has 3 nitrogen and oxygen atoms in total. The zero-order valence-corrected chi connectivity index (χ0v) is 14.0. The Hall–Kier alpha value is -0.120. The molecule has 3 heteroatoms. The largest absolute Gasteiger partial charge is 0.379 e. The molecule has 0 bridgehead atoms. The number of hydrogen-bond donors (Lipinski definition) is 1. The predicted molar refractivity (Wildman–Crippen MR) is 85.1 cm³/mol. The topological polar surface area (TPSA) is 24.5 Å². The van der Waals surface area contributed by atoms with Gasteiger partial charge in [0.15, 0.2) is 0 Å². The van der Waals surface area contributed by atoms with Crippen molar-refractivity contribution in [1.82, 2.24) is 10.2 Å². The van der Waals surface area contributed by atoms with Gasteiger partial charge < -0.3 is 10.1 Å². The van der Waals surface area contributed by atoms with E-state index in [0.717, 1.165) is 18.6 Å². The highest BCUT2D eigenvalue weighted by molar-refractivity contribution is 5.03. The van der Waals surface area contributed by atoms with E-state index in [1.54, 1.807) is 0 Å². The van der Waals surface area contributed by atoms with Gasteiger partial charge in [-0.15, -0.1) is 0 Å². The number of rotatable bonds is 8. The zero-order chi connectivity index (χ0) is 14.6. The first-order chi connectivity index (χ1) is 9.55. The van der Waals surface area contributed by atoms with E-state index in [0.29, 0.717) is 11.6 Å². The number of piperazine rings is 1. The van der Waals surface area contributed by atoms with Crippen LogP contribution in [0.15, 0.2) is 0 Å². The lowest BCUT2D eigenvalue weighted by atomic mass is 9.90. The Morgan fingerprint density at radius 2 is 2.05 bits per heavy atom. The summed E-state index contributed by atoms with van der Waals surface area (Å²) < 4.78 is 5.64. The van der Waals surface area contributed by atoms with Gasteiger partial charge in [-0.25, -0.2) is 0 Å². The summed E-state index contributed by atoms with van der Waals surface area (Å²) >= 11 is 0. The maximum absolute atomic E-state index is 5.64. The first-order valence-electron chi connectivity index (χ1n) is 8.66. The fraction of sp³-hybridized carbons (Fsp3) is 1.00. The Balaban J connectivity index is 1.74. The first kappa shape index (κ1) is 16.3. The monoisotopic (exact) mass is 282 g/mol. The zero-order valence-electron chi connectivity index (χ0n) is 14.0. The molecule has 1 aliphatic heterocycles. The van der Waals surface area contributed by atoms with E-state index in [9.17, 15) is 0 Å². The SMILES string of the molecule is CCC1CNC(C)(C2CC2)CN1CCCCOC(C)C. The molecule has 0 aromatic carbocycles. The van der Waals surface area contributed by atoms with Crippen molar-refractivity contribution in [3.05, 3.63) is 0 Å². The lowest BCUT2D eigenvalue weighted by Gasteiger charge is -2.46. The van der Waals surface area contributed by atoms with Crippen molar-refractivity contribution in [2.24, 2.45) is 5.92 Å².